The van der Waals surface area contributed by atoms with Crippen molar-refractivity contribution in [3.63, 3.8) is 0 Å². The first-order valence-electron chi connectivity index (χ1n) is 10.4. The van der Waals surface area contributed by atoms with Gasteiger partial charge in [-0.05, 0) is 37.1 Å². The van der Waals surface area contributed by atoms with Gasteiger partial charge in [0.2, 0.25) is 10.0 Å². The van der Waals surface area contributed by atoms with Crippen molar-refractivity contribution in [1.29, 1.82) is 0 Å². The molecule has 0 saturated carbocycles. The molecular formula is C22H27N3O5S. The lowest BCUT2D eigenvalue weighted by molar-refractivity contribution is 0.0276. The molecule has 31 heavy (non-hydrogen) atoms. The van der Waals surface area contributed by atoms with Crippen LogP contribution in [0.2, 0.25) is 0 Å². The Morgan fingerprint density at radius 2 is 1.87 bits per heavy atom. The first kappa shape index (κ1) is 21.7. The van der Waals surface area contributed by atoms with Gasteiger partial charge in [0.1, 0.15) is 10.6 Å². The lowest BCUT2D eigenvalue weighted by Gasteiger charge is -2.45. The minimum Gasteiger partial charge on any atom is -0.492 e. The number of hydrogen-bond donors (Lipinski definition) is 0. The van der Waals surface area contributed by atoms with Crippen LogP contribution in [0.15, 0.2) is 53.7 Å². The molecule has 2 aliphatic heterocycles. The van der Waals surface area contributed by atoms with E-state index in [1.165, 1.54) is 4.31 Å². The van der Waals surface area contributed by atoms with Gasteiger partial charge in [-0.3, -0.25) is 9.78 Å². The molecule has 1 spiro atoms. The molecule has 8 nitrogen and oxygen atoms in total. The number of carbonyl (C=O) groups is 1. The van der Waals surface area contributed by atoms with Gasteiger partial charge in [-0.25, -0.2) is 8.42 Å². The van der Waals surface area contributed by atoms with E-state index in [2.05, 4.69) is 4.98 Å². The average molecular weight is 446 g/mol. The molecule has 166 valence electrons. The summed E-state index contributed by atoms with van der Waals surface area (Å²) in [5.74, 6) is 0.345. The smallest absolute Gasteiger partial charge is 0.253 e. The largest absolute Gasteiger partial charge is 0.492 e. The fraction of sp³-hybridized carbons (Fsp3) is 0.455. The number of pyridine rings is 1. The number of piperidine rings is 1. The zero-order valence-electron chi connectivity index (χ0n) is 17.6. The van der Waals surface area contributed by atoms with Gasteiger partial charge in [0, 0.05) is 56.7 Å². The highest BCUT2D eigenvalue weighted by atomic mass is 32.2. The maximum Gasteiger partial charge on any atom is 0.253 e. The highest BCUT2D eigenvalue weighted by molar-refractivity contribution is 7.89. The fourth-order valence-corrected chi connectivity index (χ4v) is 5.88. The lowest BCUT2D eigenvalue weighted by Crippen LogP contribution is -2.53. The standard InChI is InChI=1S/C22H27N3O5S/c1-29-15-14-25-16-22(17-30-19-4-2-3-5-20(19)31(25,27)28)8-12-24(13-9-22)21(26)18-6-10-23-11-7-18/h2-7,10-11H,8-9,12-17H2,1H3. The SMILES string of the molecule is COCCN1CC2(CCN(C(=O)c3ccncc3)CC2)COc2ccccc2S1(=O)=O. The van der Waals surface area contributed by atoms with Crippen molar-refractivity contribution in [3.8, 4) is 5.75 Å². The van der Waals surface area contributed by atoms with Gasteiger partial charge in [0.05, 0.1) is 13.2 Å². The number of hydrogen-bond acceptors (Lipinski definition) is 6. The number of aromatic nitrogens is 1. The van der Waals surface area contributed by atoms with Crippen molar-refractivity contribution in [2.45, 2.75) is 17.7 Å². The van der Waals surface area contributed by atoms with Crippen LogP contribution in [0.4, 0.5) is 0 Å². The number of methoxy groups -OCH3 is 1. The zero-order chi connectivity index (χ0) is 21.9. The average Bonchev–Trinajstić information content (AvgIpc) is 2.80. The molecule has 1 saturated heterocycles. The first-order valence-corrected chi connectivity index (χ1v) is 11.8. The number of para-hydroxylation sites is 1. The molecule has 1 aromatic carbocycles. The van der Waals surface area contributed by atoms with Gasteiger partial charge in [0.25, 0.3) is 5.91 Å². The third-order valence-electron chi connectivity index (χ3n) is 6.10. The van der Waals surface area contributed by atoms with Crippen LogP contribution < -0.4 is 4.74 Å². The second-order valence-corrected chi connectivity index (χ2v) is 10.0. The second-order valence-electron chi connectivity index (χ2n) is 8.09. The fourth-order valence-electron chi connectivity index (χ4n) is 4.21. The highest BCUT2D eigenvalue weighted by Crippen LogP contribution is 2.39. The summed E-state index contributed by atoms with van der Waals surface area (Å²) in [5.41, 5.74) is 0.238. The van der Waals surface area contributed by atoms with E-state index < -0.39 is 10.0 Å². The van der Waals surface area contributed by atoms with Crippen molar-refractivity contribution in [3.05, 3.63) is 54.4 Å². The normalized spacial score (nSPS) is 20.4. The molecule has 0 atom stereocenters. The van der Waals surface area contributed by atoms with E-state index in [0.717, 1.165) is 0 Å². The van der Waals surface area contributed by atoms with Gasteiger partial charge >= 0.3 is 0 Å². The van der Waals surface area contributed by atoms with Crippen LogP contribution in [0, 0.1) is 5.41 Å². The maximum absolute atomic E-state index is 13.4. The van der Waals surface area contributed by atoms with E-state index in [4.69, 9.17) is 9.47 Å². The summed E-state index contributed by atoms with van der Waals surface area (Å²) in [6, 6.07) is 10.2. The minimum absolute atomic E-state index is 0.0294. The number of ether oxygens (including phenoxy) is 2. The van der Waals surface area contributed by atoms with E-state index in [-0.39, 0.29) is 22.8 Å². The highest BCUT2D eigenvalue weighted by Gasteiger charge is 2.43. The first-order chi connectivity index (χ1) is 15.0. The molecule has 0 bridgehead atoms. The molecule has 2 aromatic rings. The summed E-state index contributed by atoms with van der Waals surface area (Å²) < 4.78 is 39.5. The summed E-state index contributed by atoms with van der Waals surface area (Å²) in [7, 11) is -2.16. The zero-order valence-corrected chi connectivity index (χ0v) is 18.4. The molecule has 4 rings (SSSR count). The van der Waals surface area contributed by atoms with Gasteiger partial charge in [0.15, 0.2) is 0 Å². The Balaban J connectivity index is 1.57. The number of rotatable bonds is 4. The molecule has 1 amide bonds. The minimum atomic E-state index is -3.72. The summed E-state index contributed by atoms with van der Waals surface area (Å²) >= 11 is 0. The van der Waals surface area contributed by atoms with Crippen molar-refractivity contribution in [2.75, 3.05) is 46.5 Å². The Bertz CT molecular complexity index is 1020. The van der Waals surface area contributed by atoms with Crippen molar-refractivity contribution >= 4 is 15.9 Å². The molecule has 0 radical (unpaired) electrons. The van der Waals surface area contributed by atoms with Crippen molar-refractivity contribution < 1.29 is 22.7 Å². The van der Waals surface area contributed by atoms with E-state index in [1.54, 1.807) is 55.9 Å². The Kier molecular flexibility index (Phi) is 6.27. The van der Waals surface area contributed by atoms with Crippen LogP contribution in [-0.2, 0) is 14.8 Å². The number of benzene rings is 1. The quantitative estimate of drug-likeness (QED) is 0.716. The third kappa shape index (κ3) is 4.44. The maximum atomic E-state index is 13.4. The Morgan fingerprint density at radius 3 is 2.58 bits per heavy atom. The van der Waals surface area contributed by atoms with Gasteiger partial charge < -0.3 is 14.4 Å². The number of sulfonamides is 1. The van der Waals surface area contributed by atoms with Crippen LogP contribution in [0.5, 0.6) is 5.75 Å². The van der Waals surface area contributed by atoms with Crippen LogP contribution >= 0.6 is 0 Å². The van der Waals surface area contributed by atoms with Crippen molar-refractivity contribution in [1.82, 2.24) is 14.2 Å². The lowest BCUT2D eigenvalue weighted by atomic mass is 9.78. The van der Waals surface area contributed by atoms with Gasteiger partial charge in [-0.1, -0.05) is 12.1 Å². The van der Waals surface area contributed by atoms with E-state index in [0.29, 0.717) is 57.0 Å². The van der Waals surface area contributed by atoms with E-state index >= 15 is 0 Å². The number of fused-ring (bicyclic) bond motifs is 1. The van der Waals surface area contributed by atoms with E-state index in [9.17, 15) is 13.2 Å². The third-order valence-corrected chi connectivity index (χ3v) is 7.98. The number of carbonyl (C=O) groups excluding carboxylic acids is 1. The second kappa shape index (κ2) is 8.94. The van der Waals surface area contributed by atoms with Gasteiger partial charge in [-0.2, -0.15) is 4.31 Å². The number of amides is 1. The topological polar surface area (TPSA) is 89.0 Å². The Hall–Kier alpha value is -2.49. The molecule has 0 aliphatic carbocycles. The van der Waals surface area contributed by atoms with Crippen LogP contribution in [0.3, 0.4) is 0 Å². The summed E-state index contributed by atoms with van der Waals surface area (Å²) in [5, 5.41) is 0. The Labute approximate surface area is 182 Å². The number of likely N-dealkylation sites (tertiary alicyclic amines) is 1. The molecule has 0 unspecified atom stereocenters. The van der Waals surface area contributed by atoms with Crippen LogP contribution in [-0.4, -0.2) is 75.0 Å². The number of nitrogens with zero attached hydrogens (tertiary/aromatic N) is 3. The summed E-state index contributed by atoms with van der Waals surface area (Å²) in [4.78, 5) is 18.8. The molecule has 2 aliphatic rings. The molecular weight excluding hydrogens is 418 g/mol. The predicted octanol–water partition coefficient (Wildman–Crippen LogP) is 2.03. The van der Waals surface area contributed by atoms with Crippen LogP contribution in [0.1, 0.15) is 23.2 Å². The predicted molar refractivity (Wildman–Crippen MR) is 114 cm³/mol. The molecule has 1 fully saturated rings. The van der Waals surface area contributed by atoms with Gasteiger partial charge in [-0.15, -0.1) is 0 Å². The van der Waals surface area contributed by atoms with E-state index in [1.807, 2.05) is 4.90 Å². The molecule has 1 aromatic heterocycles. The molecule has 9 heteroatoms. The van der Waals surface area contributed by atoms with Crippen molar-refractivity contribution in [2.24, 2.45) is 5.41 Å². The summed E-state index contributed by atoms with van der Waals surface area (Å²) in [6.07, 6.45) is 4.53. The monoisotopic (exact) mass is 445 g/mol. The van der Waals surface area contributed by atoms with Crippen LogP contribution in [0.25, 0.3) is 0 Å². The Morgan fingerprint density at radius 1 is 1.16 bits per heavy atom. The molecule has 3 heterocycles. The molecule has 0 N–H and O–H groups in total. The summed E-state index contributed by atoms with van der Waals surface area (Å²) in [6.45, 7) is 2.42.